The van der Waals surface area contributed by atoms with Crippen LogP contribution in [0.4, 0.5) is 0 Å². The van der Waals surface area contributed by atoms with Gasteiger partial charge in [-0.25, -0.2) is 14.6 Å². The quantitative estimate of drug-likeness (QED) is 0.391. The third-order valence-corrected chi connectivity index (χ3v) is 6.72. The summed E-state index contributed by atoms with van der Waals surface area (Å²) in [5, 5.41) is 9.46. The molecule has 1 aliphatic rings. The van der Waals surface area contributed by atoms with E-state index in [0.29, 0.717) is 31.2 Å². The molecule has 35 heavy (non-hydrogen) atoms. The number of ether oxygens (including phenoxy) is 1. The lowest BCUT2D eigenvalue weighted by Gasteiger charge is -2.31. The van der Waals surface area contributed by atoms with Crippen LogP contribution >= 0.6 is 0 Å². The number of para-hydroxylation sites is 2. The van der Waals surface area contributed by atoms with Gasteiger partial charge in [0.25, 0.3) is 5.91 Å². The molecule has 0 spiro atoms. The van der Waals surface area contributed by atoms with Crippen molar-refractivity contribution in [2.45, 2.75) is 25.4 Å². The maximum absolute atomic E-state index is 13.3. The zero-order chi connectivity index (χ0) is 23.8. The first kappa shape index (κ1) is 21.3. The van der Waals surface area contributed by atoms with Crippen molar-refractivity contribution in [3.05, 3.63) is 78.5 Å². The van der Waals surface area contributed by atoms with E-state index in [9.17, 15) is 4.79 Å². The Morgan fingerprint density at radius 2 is 1.83 bits per heavy atom. The largest absolute Gasteiger partial charge is 0.496 e. The minimum atomic E-state index is -0.0649. The first-order valence-corrected chi connectivity index (χ1v) is 11.7. The van der Waals surface area contributed by atoms with Crippen molar-refractivity contribution in [3.63, 3.8) is 0 Å². The number of hydrogen-bond acceptors (Lipinski definition) is 6. The lowest BCUT2D eigenvalue weighted by atomic mass is 9.95. The number of benzene rings is 2. The van der Waals surface area contributed by atoms with Gasteiger partial charge in [0.15, 0.2) is 0 Å². The highest BCUT2D eigenvalue weighted by Gasteiger charge is 2.28. The van der Waals surface area contributed by atoms with Crippen LogP contribution in [0.15, 0.2) is 67.0 Å². The normalized spacial score (nSPS) is 14.6. The lowest BCUT2D eigenvalue weighted by molar-refractivity contribution is 0.0704. The van der Waals surface area contributed by atoms with Gasteiger partial charge in [-0.1, -0.05) is 29.5 Å². The maximum atomic E-state index is 13.3. The van der Waals surface area contributed by atoms with Crippen LogP contribution in [0.5, 0.6) is 5.75 Å². The summed E-state index contributed by atoms with van der Waals surface area (Å²) in [4.78, 5) is 24.4. The molecule has 4 heterocycles. The van der Waals surface area contributed by atoms with Gasteiger partial charge >= 0.3 is 0 Å². The molecule has 2 aromatic carbocycles. The topological polar surface area (TPSA) is 91.0 Å². The number of pyridine rings is 1. The smallest absolute Gasteiger partial charge is 0.272 e. The van der Waals surface area contributed by atoms with E-state index in [4.69, 9.17) is 4.74 Å². The van der Waals surface area contributed by atoms with Crippen LogP contribution in [0.1, 0.15) is 35.1 Å². The summed E-state index contributed by atoms with van der Waals surface area (Å²) in [6, 6.07) is 17.4. The van der Waals surface area contributed by atoms with Crippen molar-refractivity contribution in [1.82, 2.24) is 34.4 Å². The fourth-order valence-corrected chi connectivity index (χ4v) is 4.89. The second kappa shape index (κ2) is 8.83. The van der Waals surface area contributed by atoms with E-state index in [0.717, 1.165) is 40.6 Å². The van der Waals surface area contributed by atoms with Gasteiger partial charge in [-0.3, -0.25) is 4.79 Å². The number of piperidine rings is 1. The monoisotopic (exact) mass is 467 g/mol. The second-order valence-corrected chi connectivity index (χ2v) is 8.77. The summed E-state index contributed by atoms with van der Waals surface area (Å²) in [5.41, 5.74) is 3.04. The van der Waals surface area contributed by atoms with E-state index >= 15 is 0 Å². The molecular formula is C26H25N7O2. The number of rotatable bonds is 5. The first-order chi connectivity index (χ1) is 17.2. The molecule has 5 aromatic rings. The minimum absolute atomic E-state index is 0.0649. The molecule has 9 nitrogen and oxygen atoms in total. The van der Waals surface area contributed by atoms with Crippen LogP contribution < -0.4 is 4.74 Å². The van der Waals surface area contributed by atoms with Crippen molar-refractivity contribution in [2.24, 2.45) is 0 Å². The molecule has 0 saturated carbocycles. The van der Waals surface area contributed by atoms with Crippen LogP contribution in [0.2, 0.25) is 0 Å². The Morgan fingerprint density at radius 3 is 2.66 bits per heavy atom. The van der Waals surface area contributed by atoms with Crippen molar-refractivity contribution in [3.8, 4) is 5.75 Å². The third kappa shape index (κ3) is 3.88. The standard InChI is InChI=1S/C26H25N7O2/c1-35-24-16-22(28-20-7-3-2-6-19(20)24)26(34)31-13-10-18(11-14-31)25-27-12-15-32(25)17-33-23-9-5-4-8-21(23)29-30-33/h2-9,12,15-16,18H,10-11,13-14,17H2,1H3. The molecule has 0 aliphatic carbocycles. The summed E-state index contributed by atoms with van der Waals surface area (Å²) >= 11 is 0. The van der Waals surface area contributed by atoms with Crippen molar-refractivity contribution < 1.29 is 9.53 Å². The van der Waals surface area contributed by atoms with E-state index in [-0.39, 0.29) is 11.8 Å². The molecule has 1 saturated heterocycles. The molecule has 1 amide bonds. The maximum Gasteiger partial charge on any atom is 0.272 e. The number of hydrogen-bond donors (Lipinski definition) is 0. The molecule has 0 atom stereocenters. The van der Waals surface area contributed by atoms with Gasteiger partial charge in [0.2, 0.25) is 0 Å². The Hall–Kier alpha value is -4.27. The van der Waals surface area contributed by atoms with E-state index in [1.54, 1.807) is 13.2 Å². The molecule has 0 unspecified atom stereocenters. The van der Waals surface area contributed by atoms with Crippen molar-refractivity contribution in [1.29, 1.82) is 0 Å². The Morgan fingerprint density at radius 1 is 1.06 bits per heavy atom. The first-order valence-electron chi connectivity index (χ1n) is 11.7. The molecular weight excluding hydrogens is 442 g/mol. The summed E-state index contributed by atoms with van der Waals surface area (Å²) in [6.45, 7) is 1.86. The Labute approximate surface area is 202 Å². The van der Waals surface area contributed by atoms with Gasteiger partial charge in [0.1, 0.15) is 29.5 Å². The van der Waals surface area contributed by atoms with Crippen molar-refractivity contribution >= 4 is 27.8 Å². The zero-order valence-corrected chi connectivity index (χ0v) is 19.4. The van der Waals surface area contributed by atoms with E-state index < -0.39 is 0 Å². The average molecular weight is 468 g/mol. The molecule has 0 radical (unpaired) electrons. The number of nitrogens with zero attached hydrogens (tertiary/aromatic N) is 7. The Balaban J connectivity index is 1.17. The van der Waals surface area contributed by atoms with Crippen molar-refractivity contribution in [2.75, 3.05) is 20.2 Å². The molecule has 1 fully saturated rings. The van der Waals surface area contributed by atoms with Crippen LogP contribution in [-0.2, 0) is 6.67 Å². The average Bonchev–Trinajstić information content (AvgIpc) is 3.55. The molecule has 0 bridgehead atoms. The molecule has 9 heteroatoms. The molecule has 6 rings (SSSR count). The number of amides is 1. The van der Waals surface area contributed by atoms with E-state index in [2.05, 4.69) is 24.8 Å². The third-order valence-electron chi connectivity index (χ3n) is 6.72. The van der Waals surface area contributed by atoms with Crippen LogP contribution in [0.3, 0.4) is 0 Å². The van der Waals surface area contributed by atoms with Gasteiger partial charge in [-0.05, 0) is 37.1 Å². The highest BCUT2D eigenvalue weighted by Crippen LogP contribution is 2.30. The number of fused-ring (bicyclic) bond motifs is 2. The Bertz CT molecular complexity index is 1510. The summed E-state index contributed by atoms with van der Waals surface area (Å²) < 4.78 is 9.53. The van der Waals surface area contributed by atoms with Crippen LogP contribution in [0.25, 0.3) is 21.9 Å². The number of methoxy groups -OCH3 is 1. The summed E-state index contributed by atoms with van der Waals surface area (Å²) in [6.07, 6.45) is 5.49. The predicted octanol–water partition coefficient (Wildman–Crippen LogP) is 3.71. The van der Waals surface area contributed by atoms with E-state index in [1.165, 1.54) is 0 Å². The van der Waals surface area contributed by atoms with Gasteiger partial charge in [-0.2, -0.15) is 0 Å². The number of likely N-dealkylation sites (tertiary alicyclic amines) is 1. The number of carbonyl (C=O) groups is 1. The minimum Gasteiger partial charge on any atom is -0.496 e. The van der Waals surface area contributed by atoms with E-state index in [1.807, 2.05) is 70.5 Å². The van der Waals surface area contributed by atoms with Gasteiger partial charge in [-0.15, -0.1) is 5.10 Å². The summed E-state index contributed by atoms with van der Waals surface area (Å²) in [5.74, 6) is 1.88. The van der Waals surface area contributed by atoms with Gasteiger partial charge in [0, 0.05) is 42.9 Å². The number of aromatic nitrogens is 6. The number of carbonyl (C=O) groups excluding carboxylic acids is 1. The highest BCUT2D eigenvalue weighted by atomic mass is 16.5. The fourth-order valence-electron chi connectivity index (χ4n) is 4.89. The predicted molar refractivity (Wildman–Crippen MR) is 131 cm³/mol. The van der Waals surface area contributed by atoms with Gasteiger partial charge in [0.05, 0.1) is 18.1 Å². The van der Waals surface area contributed by atoms with Crippen LogP contribution in [-0.4, -0.2) is 60.5 Å². The molecule has 3 aromatic heterocycles. The zero-order valence-electron chi connectivity index (χ0n) is 19.4. The lowest BCUT2D eigenvalue weighted by Crippen LogP contribution is -2.38. The number of imidazole rings is 1. The molecule has 0 N–H and O–H groups in total. The molecule has 176 valence electrons. The van der Waals surface area contributed by atoms with Crippen LogP contribution in [0, 0.1) is 0 Å². The second-order valence-electron chi connectivity index (χ2n) is 8.77. The van der Waals surface area contributed by atoms with Gasteiger partial charge < -0.3 is 14.2 Å². The summed E-state index contributed by atoms with van der Waals surface area (Å²) in [7, 11) is 1.62. The molecule has 1 aliphatic heterocycles. The SMILES string of the molecule is COc1cc(C(=O)N2CCC(c3nccn3Cn3nnc4ccccc43)CC2)nc2ccccc12. The highest BCUT2D eigenvalue weighted by molar-refractivity contribution is 5.97. The fraction of sp³-hybridized carbons (Fsp3) is 0.269. The Kier molecular flexibility index (Phi) is 5.36.